The van der Waals surface area contributed by atoms with Crippen molar-refractivity contribution in [2.24, 2.45) is 0 Å². The van der Waals surface area contributed by atoms with Gasteiger partial charge in [0.15, 0.2) is 0 Å². The summed E-state index contributed by atoms with van der Waals surface area (Å²) < 4.78 is 1.69. The molecular weight excluding hydrogens is 454 g/mol. The Hall–Kier alpha value is -4.79. The molecule has 9 nitrogen and oxygen atoms in total. The molecule has 0 fully saturated rings. The van der Waals surface area contributed by atoms with Crippen molar-refractivity contribution in [2.45, 2.75) is 26.8 Å². The summed E-state index contributed by atoms with van der Waals surface area (Å²) in [4.78, 5) is 25.2. The maximum absolute atomic E-state index is 13.1. The van der Waals surface area contributed by atoms with Crippen LogP contribution in [0.25, 0.3) is 27.8 Å². The van der Waals surface area contributed by atoms with Gasteiger partial charge in [-0.05, 0) is 42.8 Å². The zero-order valence-corrected chi connectivity index (χ0v) is 19.9. The lowest BCUT2D eigenvalue weighted by Gasteiger charge is -2.10. The first kappa shape index (κ1) is 23.0. The van der Waals surface area contributed by atoms with Gasteiger partial charge in [0.05, 0.1) is 29.6 Å². The van der Waals surface area contributed by atoms with Crippen LogP contribution in [-0.4, -0.2) is 37.0 Å². The van der Waals surface area contributed by atoms with Crippen LogP contribution >= 0.6 is 0 Å². The van der Waals surface area contributed by atoms with E-state index in [-0.39, 0.29) is 18.4 Å². The van der Waals surface area contributed by atoms with Crippen LogP contribution in [0.4, 0.5) is 5.69 Å². The van der Waals surface area contributed by atoms with Crippen LogP contribution in [0.1, 0.15) is 35.0 Å². The third-order valence-corrected chi connectivity index (χ3v) is 5.88. The number of aryl methyl sites for hydroxylation is 1. The molecule has 2 aromatic heterocycles. The average Bonchev–Trinajstić information content (AvgIpc) is 3.54. The second-order valence-corrected chi connectivity index (χ2v) is 8.44. The Balaban J connectivity index is 1.40. The Kier molecular flexibility index (Phi) is 6.27. The third-order valence-electron chi connectivity index (χ3n) is 5.88. The summed E-state index contributed by atoms with van der Waals surface area (Å²) in [6.45, 7) is 3.98. The molecule has 180 valence electrons. The summed E-state index contributed by atoms with van der Waals surface area (Å²) in [5, 5.41) is 22.5. The molecule has 0 aliphatic heterocycles. The maximum Gasteiger partial charge on any atom is 0.251 e. The van der Waals surface area contributed by atoms with Crippen LogP contribution in [-0.2, 0) is 11.3 Å². The predicted octanol–water partition coefficient (Wildman–Crippen LogP) is 4.40. The van der Waals surface area contributed by atoms with Gasteiger partial charge in [-0.2, -0.15) is 5.10 Å². The van der Waals surface area contributed by atoms with Crippen molar-refractivity contribution >= 4 is 28.4 Å². The van der Waals surface area contributed by atoms with Crippen molar-refractivity contribution in [1.82, 2.24) is 30.5 Å². The summed E-state index contributed by atoms with van der Waals surface area (Å²) >= 11 is 0. The van der Waals surface area contributed by atoms with Crippen molar-refractivity contribution in [3.63, 3.8) is 0 Å². The minimum Gasteiger partial charge on any atom is -0.346 e. The molecule has 0 radical (unpaired) electrons. The molecule has 5 rings (SSSR count). The molecule has 0 aliphatic carbocycles. The molecule has 0 bridgehead atoms. The van der Waals surface area contributed by atoms with Crippen LogP contribution in [0, 0.1) is 6.92 Å². The van der Waals surface area contributed by atoms with E-state index in [9.17, 15) is 9.59 Å². The molecule has 0 saturated carbocycles. The van der Waals surface area contributed by atoms with Crippen molar-refractivity contribution in [3.05, 3.63) is 89.7 Å². The molecule has 3 N–H and O–H groups in total. The number of para-hydroxylation sites is 2. The number of amides is 2. The highest BCUT2D eigenvalue weighted by atomic mass is 16.2. The standard InChI is InChI=1S/C27H25N7O2/c1-3-25(35)29-20-13-18(26-22-9-5-6-10-23(22)31-32-26)12-19(14-20)27(36)28-15-21-16-34(33-30-21)24-11-7-4-8-17(24)2/h4-14,16H,3,15H2,1-2H3,(H,28,36)(H,29,35)(H,31,32). The van der Waals surface area contributed by atoms with Gasteiger partial charge >= 0.3 is 0 Å². The molecule has 0 unspecified atom stereocenters. The van der Waals surface area contributed by atoms with Gasteiger partial charge in [0.25, 0.3) is 5.91 Å². The van der Waals surface area contributed by atoms with E-state index in [2.05, 4.69) is 31.1 Å². The van der Waals surface area contributed by atoms with Gasteiger partial charge in [-0.15, -0.1) is 5.10 Å². The first-order valence-corrected chi connectivity index (χ1v) is 11.7. The summed E-state index contributed by atoms with van der Waals surface area (Å²) in [5.41, 5.74) is 5.86. The van der Waals surface area contributed by atoms with Gasteiger partial charge < -0.3 is 10.6 Å². The number of fused-ring (bicyclic) bond motifs is 1. The molecule has 9 heteroatoms. The molecular formula is C27H25N7O2. The molecule has 0 saturated heterocycles. The van der Waals surface area contributed by atoms with Gasteiger partial charge in [-0.3, -0.25) is 14.7 Å². The van der Waals surface area contributed by atoms with E-state index in [0.29, 0.717) is 29.1 Å². The van der Waals surface area contributed by atoms with Crippen LogP contribution in [0.15, 0.2) is 72.9 Å². The summed E-state index contributed by atoms with van der Waals surface area (Å²) in [7, 11) is 0. The van der Waals surface area contributed by atoms with E-state index in [1.165, 1.54) is 0 Å². The van der Waals surface area contributed by atoms with Crippen molar-refractivity contribution in [2.75, 3.05) is 5.32 Å². The number of hydrogen-bond acceptors (Lipinski definition) is 5. The number of hydrogen-bond donors (Lipinski definition) is 3. The van der Waals surface area contributed by atoms with E-state index < -0.39 is 0 Å². The smallest absolute Gasteiger partial charge is 0.251 e. The van der Waals surface area contributed by atoms with Gasteiger partial charge in [0.1, 0.15) is 5.69 Å². The van der Waals surface area contributed by atoms with Crippen molar-refractivity contribution in [3.8, 4) is 16.9 Å². The van der Waals surface area contributed by atoms with Gasteiger partial charge in [-0.25, -0.2) is 4.68 Å². The van der Waals surface area contributed by atoms with Crippen molar-refractivity contribution < 1.29 is 9.59 Å². The number of carbonyl (C=O) groups is 2. The number of nitrogens with zero attached hydrogens (tertiary/aromatic N) is 4. The monoisotopic (exact) mass is 479 g/mol. The summed E-state index contributed by atoms with van der Waals surface area (Å²) in [6, 6.07) is 20.9. The lowest BCUT2D eigenvalue weighted by atomic mass is 10.0. The van der Waals surface area contributed by atoms with E-state index in [1.807, 2.05) is 61.5 Å². The van der Waals surface area contributed by atoms with Gasteiger partial charge in [-0.1, -0.05) is 48.5 Å². The van der Waals surface area contributed by atoms with E-state index in [4.69, 9.17) is 0 Å². The predicted molar refractivity (Wildman–Crippen MR) is 138 cm³/mol. The highest BCUT2D eigenvalue weighted by Crippen LogP contribution is 2.29. The largest absolute Gasteiger partial charge is 0.346 e. The van der Waals surface area contributed by atoms with Crippen LogP contribution in [0.5, 0.6) is 0 Å². The molecule has 0 spiro atoms. The first-order chi connectivity index (χ1) is 17.5. The summed E-state index contributed by atoms with van der Waals surface area (Å²) in [5.74, 6) is -0.438. The minimum absolute atomic E-state index is 0.141. The third kappa shape index (κ3) is 4.72. The van der Waals surface area contributed by atoms with E-state index in [0.717, 1.165) is 27.7 Å². The average molecular weight is 480 g/mol. The quantitative estimate of drug-likeness (QED) is 0.320. The van der Waals surface area contributed by atoms with Crippen molar-refractivity contribution in [1.29, 1.82) is 0 Å². The highest BCUT2D eigenvalue weighted by Gasteiger charge is 2.15. The lowest BCUT2D eigenvalue weighted by molar-refractivity contribution is -0.115. The molecule has 0 aliphatic rings. The second-order valence-electron chi connectivity index (χ2n) is 8.44. The van der Waals surface area contributed by atoms with Crippen LogP contribution < -0.4 is 10.6 Å². The number of H-pyrrole nitrogens is 1. The lowest BCUT2D eigenvalue weighted by Crippen LogP contribution is -2.23. The number of aromatic amines is 1. The molecule has 0 atom stereocenters. The molecule has 5 aromatic rings. The van der Waals surface area contributed by atoms with Crippen LogP contribution in [0.2, 0.25) is 0 Å². The number of rotatable bonds is 7. The van der Waals surface area contributed by atoms with Gasteiger partial charge in [0.2, 0.25) is 5.91 Å². The number of aromatic nitrogens is 5. The summed E-state index contributed by atoms with van der Waals surface area (Å²) in [6.07, 6.45) is 2.12. The zero-order valence-electron chi connectivity index (χ0n) is 19.9. The van der Waals surface area contributed by atoms with Crippen LogP contribution in [0.3, 0.4) is 0 Å². The van der Waals surface area contributed by atoms with Gasteiger partial charge in [0, 0.05) is 28.6 Å². The normalized spacial score (nSPS) is 10.9. The van der Waals surface area contributed by atoms with E-state index in [1.54, 1.807) is 29.9 Å². The second kappa shape index (κ2) is 9.83. The fraction of sp³-hybridized carbons (Fsp3) is 0.148. The Bertz CT molecular complexity index is 1570. The topological polar surface area (TPSA) is 118 Å². The van der Waals surface area contributed by atoms with E-state index >= 15 is 0 Å². The fourth-order valence-electron chi connectivity index (χ4n) is 3.99. The fourth-order valence-corrected chi connectivity index (χ4v) is 3.99. The number of nitrogens with one attached hydrogen (secondary N) is 3. The highest BCUT2D eigenvalue weighted by molar-refractivity contribution is 6.01. The SMILES string of the molecule is CCC(=O)Nc1cc(C(=O)NCc2cn(-c3ccccc3C)nn2)cc(-c2n[nH]c3ccccc23)c1. The molecule has 36 heavy (non-hydrogen) atoms. The Morgan fingerprint density at radius 1 is 1.03 bits per heavy atom. The maximum atomic E-state index is 13.1. The molecule has 3 aromatic carbocycles. The number of carbonyl (C=O) groups excluding carboxylic acids is 2. The number of benzene rings is 3. The number of anilines is 1. The molecule has 2 amide bonds. The Morgan fingerprint density at radius 2 is 1.83 bits per heavy atom. The molecule has 2 heterocycles. The Labute approximate surface area is 207 Å². The minimum atomic E-state index is -0.297. The first-order valence-electron chi connectivity index (χ1n) is 11.7. The Morgan fingerprint density at radius 3 is 2.67 bits per heavy atom. The zero-order chi connectivity index (χ0) is 25.1.